The minimum atomic E-state index is 0.439. The molecule has 1 saturated carbocycles. The van der Waals surface area contributed by atoms with Gasteiger partial charge >= 0.3 is 0 Å². The van der Waals surface area contributed by atoms with Crippen molar-refractivity contribution >= 4 is 0 Å². The Balaban J connectivity index is 2.44. The molecule has 1 fully saturated rings. The van der Waals surface area contributed by atoms with Crippen LogP contribution in [0.15, 0.2) is 0 Å². The summed E-state index contributed by atoms with van der Waals surface area (Å²) in [5, 5.41) is 0. The van der Waals surface area contributed by atoms with Gasteiger partial charge in [0.05, 0.1) is 0 Å². The summed E-state index contributed by atoms with van der Waals surface area (Å²) >= 11 is 0. The van der Waals surface area contributed by atoms with Crippen molar-refractivity contribution in [1.29, 1.82) is 0 Å². The lowest BCUT2D eigenvalue weighted by atomic mass is 9.77. The maximum absolute atomic E-state index is 6.26. The van der Waals surface area contributed by atoms with E-state index >= 15 is 0 Å². The molecule has 4 unspecified atom stereocenters. The maximum atomic E-state index is 6.26. The van der Waals surface area contributed by atoms with Gasteiger partial charge in [-0.3, -0.25) is 0 Å². The monoisotopic (exact) mass is 226 g/mol. The van der Waals surface area contributed by atoms with Crippen molar-refractivity contribution in [2.75, 3.05) is 13.6 Å². The molecule has 0 aromatic heterocycles. The molecule has 2 heteroatoms. The van der Waals surface area contributed by atoms with Gasteiger partial charge in [0, 0.05) is 18.6 Å². The Labute approximate surface area is 102 Å². The second-order valence-corrected chi connectivity index (χ2v) is 5.71. The van der Waals surface area contributed by atoms with E-state index in [2.05, 4.69) is 32.7 Å². The molecule has 0 radical (unpaired) electrons. The van der Waals surface area contributed by atoms with Gasteiger partial charge in [0.25, 0.3) is 0 Å². The summed E-state index contributed by atoms with van der Waals surface area (Å²) < 4.78 is 0. The highest BCUT2D eigenvalue weighted by Crippen LogP contribution is 2.31. The average Bonchev–Trinajstić information content (AvgIpc) is 2.30. The number of nitrogens with two attached hydrogens (primary N) is 1. The summed E-state index contributed by atoms with van der Waals surface area (Å²) in [6.07, 6.45) is 6.49. The van der Waals surface area contributed by atoms with E-state index in [1.54, 1.807) is 0 Å². The Bertz CT molecular complexity index is 193. The van der Waals surface area contributed by atoms with Gasteiger partial charge in [0.1, 0.15) is 0 Å². The van der Waals surface area contributed by atoms with Crippen molar-refractivity contribution in [3.63, 3.8) is 0 Å². The van der Waals surface area contributed by atoms with Crippen molar-refractivity contribution in [3.05, 3.63) is 0 Å². The van der Waals surface area contributed by atoms with E-state index in [0.717, 1.165) is 11.8 Å². The molecule has 1 aliphatic rings. The SMILES string of the molecule is CCC1CCC(N)C(CN(C)C(C)CC)C1. The second-order valence-electron chi connectivity index (χ2n) is 5.71. The van der Waals surface area contributed by atoms with E-state index in [4.69, 9.17) is 5.73 Å². The second kappa shape index (κ2) is 6.61. The number of hydrogen-bond acceptors (Lipinski definition) is 2. The molecule has 0 saturated heterocycles. The van der Waals surface area contributed by atoms with Crippen LogP contribution in [0.25, 0.3) is 0 Å². The first-order chi connectivity index (χ1) is 7.58. The molecule has 0 aromatic carbocycles. The lowest BCUT2D eigenvalue weighted by Crippen LogP contribution is -2.44. The summed E-state index contributed by atoms with van der Waals surface area (Å²) in [7, 11) is 2.25. The summed E-state index contributed by atoms with van der Waals surface area (Å²) in [6.45, 7) is 8.08. The first-order valence-corrected chi connectivity index (χ1v) is 7.04. The van der Waals surface area contributed by atoms with Crippen LogP contribution in [0.4, 0.5) is 0 Å². The van der Waals surface area contributed by atoms with Gasteiger partial charge in [-0.15, -0.1) is 0 Å². The van der Waals surface area contributed by atoms with Gasteiger partial charge < -0.3 is 10.6 Å². The summed E-state index contributed by atoms with van der Waals surface area (Å²) in [5.74, 6) is 1.65. The molecule has 0 spiro atoms. The van der Waals surface area contributed by atoms with Crippen LogP contribution in [0.2, 0.25) is 0 Å². The zero-order valence-corrected chi connectivity index (χ0v) is 11.6. The lowest BCUT2D eigenvalue weighted by Gasteiger charge is -2.37. The summed E-state index contributed by atoms with van der Waals surface area (Å²) in [6, 6.07) is 1.13. The quantitative estimate of drug-likeness (QED) is 0.781. The number of nitrogens with zero attached hydrogens (tertiary/aromatic N) is 1. The molecule has 16 heavy (non-hydrogen) atoms. The van der Waals surface area contributed by atoms with Gasteiger partial charge in [0.15, 0.2) is 0 Å². The number of rotatable bonds is 5. The van der Waals surface area contributed by atoms with Crippen LogP contribution in [0.1, 0.15) is 52.9 Å². The Kier molecular flexibility index (Phi) is 5.77. The molecule has 1 rings (SSSR count). The van der Waals surface area contributed by atoms with E-state index in [0.29, 0.717) is 12.1 Å². The third-order valence-electron chi connectivity index (χ3n) is 4.59. The van der Waals surface area contributed by atoms with Crippen molar-refractivity contribution in [1.82, 2.24) is 4.90 Å². The van der Waals surface area contributed by atoms with Crippen LogP contribution in [0, 0.1) is 11.8 Å². The predicted molar refractivity (Wildman–Crippen MR) is 71.5 cm³/mol. The predicted octanol–water partition coefficient (Wildman–Crippen LogP) is 2.87. The van der Waals surface area contributed by atoms with E-state index in [1.807, 2.05) is 0 Å². The van der Waals surface area contributed by atoms with Crippen molar-refractivity contribution in [3.8, 4) is 0 Å². The van der Waals surface area contributed by atoms with Crippen LogP contribution < -0.4 is 5.73 Å². The molecule has 96 valence electrons. The highest BCUT2D eigenvalue weighted by atomic mass is 15.1. The zero-order chi connectivity index (χ0) is 12.1. The number of hydrogen-bond donors (Lipinski definition) is 1. The molecule has 0 heterocycles. The molecule has 2 N–H and O–H groups in total. The van der Waals surface area contributed by atoms with Crippen LogP contribution in [-0.2, 0) is 0 Å². The topological polar surface area (TPSA) is 29.3 Å². The molecule has 1 aliphatic carbocycles. The summed E-state index contributed by atoms with van der Waals surface area (Å²) in [4.78, 5) is 2.49. The first-order valence-electron chi connectivity index (χ1n) is 7.04. The standard InChI is InChI=1S/C14H30N2/c1-5-11(3)16(4)10-13-9-12(6-2)7-8-14(13)15/h11-14H,5-10,15H2,1-4H3. The van der Waals surface area contributed by atoms with Gasteiger partial charge in [-0.2, -0.15) is 0 Å². The fourth-order valence-corrected chi connectivity index (χ4v) is 2.83. The molecule has 4 atom stereocenters. The third kappa shape index (κ3) is 3.74. The van der Waals surface area contributed by atoms with E-state index < -0.39 is 0 Å². The van der Waals surface area contributed by atoms with E-state index in [9.17, 15) is 0 Å². The van der Waals surface area contributed by atoms with Gasteiger partial charge in [0.2, 0.25) is 0 Å². The van der Waals surface area contributed by atoms with Crippen molar-refractivity contribution in [2.24, 2.45) is 17.6 Å². The maximum Gasteiger partial charge on any atom is 0.00795 e. The molecule has 2 nitrogen and oxygen atoms in total. The third-order valence-corrected chi connectivity index (χ3v) is 4.59. The van der Waals surface area contributed by atoms with Gasteiger partial charge in [-0.1, -0.05) is 20.3 Å². The highest BCUT2D eigenvalue weighted by molar-refractivity contribution is 4.84. The van der Waals surface area contributed by atoms with Crippen LogP contribution in [-0.4, -0.2) is 30.6 Å². The van der Waals surface area contributed by atoms with Crippen molar-refractivity contribution in [2.45, 2.75) is 65.0 Å². The molecular weight excluding hydrogens is 196 g/mol. The first kappa shape index (κ1) is 14.0. The Morgan fingerprint density at radius 3 is 2.56 bits per heavy atom. The van der Waals surface area contributed by atoms with Gasteiger partial charge in [-0.05, 0) is 51.5 Å². The van der Waals surface area contributed by atoms with Crippen LogP contribution in [0.5, 0.6) is 0 Å². The Hall–Kier alpha value is -0.0800. The van der Waals surface area contributed by atoms with E-state index in [1.165, 1.54) is 38.6 Å². The molecule has 0 aromatic rings. The molecule has 0 bridgehead atoms. The van der Waals surface area contributed by atoms with Gasteiger partial charge in [-0.25, -0.2) is 0 Å². The van der Waals surface area contributed by atoms with Crippen molar-refractivity contribution < 1.29 is 0 Å². The highest BCUT2D eigenvalue weighted by Gasteiger charge is 2.28. The Morgan fingerprint density at radius 2 is 2.00 bits per heavy atom. The van der Waals surface area contributed by atoms with Crippen LogP contribution in [0.3, 0.4) is 0 Å². The van der Waals surface area contributed by atoms with Crippen LogP contribution >= 0.6 is 0 Å². The largest absolute Gasteiger partial charge is 0.327 e. The fraction of sp³-hybridized carbons (Fsp3) is 1.00. The fourth-order valence-electron chi connectivity index (χ4n) is 2.83. The normalized spacial score (nSPS) is 33.0. The zero-order valence-electron chi connectivity index (χ0n) is 11.6. The molecular formula is C14H30N2. The minimum absolute atomic E-state index is 0.439. The van der Waals surface area contributed by atoms with E-state index in [-0.39, 0.29) is 0 Å². The lowest BCUT2D eigenvalue weighted by molar-refractivity contribution is 0.146. The Morgan fingerprint density at radius 1 is 1.31 bits per heavy atom. The minimum Gasteiger partial charge on any atom is -0.327 e. The summed E-state index contributed by atoms with van der Waals surface area (Å²) in [5.41, 5.74) is 6.26. The average molecular weight is 226 g/mol. The molecule has 0 amide bonds. The molecule has 0 aliphatic heterocycles. The smallest absolute Gasteiger partial charge is 0.00795 e.